The fourth-order valence-electron chi connectivity index (χ4n) is 2.53. The van der Waals surface area contributed by atoms with Gasteiger partial charge in [0, 0.05) is 12.5 Å². The van der Waals surface area contributed by atoms with Crippen molar-refractivity contribution in [2.75, 3.05) is 11.4 Å². The number of carbonyl (C=O) groups excluding carboxylic acids is 1. The number of carbonyl (C=O) groups is 1. The van der Waals surface area contributed by atoms with Gasteiger partial charge in [-0.2, -0.15) is 0 Å². The van der Waals surface area contributed by atoms with E-state index in [0.29, 0.717) is 17.9 Å². The van der Waals surface area contributed by atoms with E-state index in [1.54, 1.807) is 6.07 Å². The van der Waals surface area contributed by atoms with E-state index in [1.807, 2.05) is 30.3 Å². The molecule has 2 aromatic carbocycles. The van der Waals surface area contributed by atoms with Crippen LogP contribution in [0.2, 0.25) is 0 Å². The first-order chi connectivity index (χ1) is 10.7. The van der Waals surface area contributed by atoms with Crippen molar-refractivity contribution < 1.29 is 14.6 Å². The van der Waals surface area contributed by atoms with Crippen molar-refractivity contribution >= 4 is 11.6 Å². The number of amides is 1. The lowest BCUT2D eigenvalue weighted by Crippen LogP contribution is -2.47. The monoisotopic (exact) mass is 293 g/mol. The molecule has 4 heteroatoms. The molecular formula is C18H15NO3. The van der Waals surface area contributed by atoms with E-state index in [0.717, 1.165) is 5.56 Å². The van der Waals surface area contributed by atoms with Crippen molar-refractivity contribution in [1.82, 2.24) is 0 Å². The highest BCUT2D eigenvalue weighted by Gasteiger charge is 2.34. The number of nitrogens with zero attached hydrogens (tertiary/aromatic N) is 1. The fraction of sp³-hybridized carbons (Fsp3) is 0.167. The maximum Gasteiger partial charge on any atom is 0.269 e. The summed E-state index contributed by atoms with van der Waals surface area (Å²) in [5, 5.41) is 9.62. The van der Waals surface area contributed by atoms with Gasteiger partial charge in [0.2, 0.25) is 0 Å². The molecule has 0 aromatic heterocycles. The van der Waals surface area contributed by atoms with Crippen LogP contribution in [0, 0.1) is 12.3 Å². The van der Waals surface area contributed by atoms with Crippen molar-refractivity contribution in [3.05, 3.63) is 54.1 Å². The topological polar surface area (TPSA) is 49.8 Å². The Labute approximate surface area is 129 Å². The second-order valence-electron chi connectivity index (χ2n) is 5.08. The minimum absolute atomic E-state index is 0.0900. The van der Waals surface area contributed by atoms with Crippen LogP contribution < -0.4 is 9.64 Å². The van der Waals surface area contributed by atoms with Gasteiger partial charge in [0.1, 0.15) is 11.5 Å². The second kappa shape index (κ2) is 5.82. The molecule has 1 aliphatic heterocycles. The van der Waals surface area contributed by atoms with Crippen molar-refractivity contribution in [3.63, 3.8) is 0 Å². The number of phenolic OH excluding ortho intramolecular Hbond substituents is 1. The summed E-state index contributed by atoms with van der Waals surface area (Å²) in [5.74, 6) is 2.89. The van der Waals surface area contributed by atoms with Crippen LogP contribution in [0.25, 0.3) is 0 Å². The molecule has 0 radical (unpaired) electrons. The van der Waals surface area contributed by atoms with Crippen LogP contribution >= 0.6 is 0 Å². The summed E-state index contributed by atoms with van der Waals surface area (Å²) in [7, 11) is 0. The van der Waals surface area contributed by atoms with Gasteiger partial charge in [-0.25, -0.2) is 0 Å². The molecule has 0 aliphatic carbocycles. The number of ether oxygens (including phenoxy) is 1. The zero-order valence-electron chi connectivity index (χ0n) is 11.9. The average molecular weight is 293 g/mol. The zero-order valence-corrected chi connectivity index (χ0v) is 11.9. The Balaban J connectivity index is 1.94. The Bertz CT molecular complexity index is 734. The number of rotatable bonds is 3. The molecule has 110 valence electrons. The molecule has 0 bridgehead atoms. The lowest BCUT2D eigenvalue weighted by molar-refractivity contribution is -0.126. The van der Waals surface area contributed by atoms with Gasteiger partial charge in [-0.15, -0.1) is 6.42 Å². The van der Waals surface area contributed by atoms with Gasteiger partial charge in [0.15, 0.2) is 6.10 Å². The highest BCUT2D eigenvalue weighted by atomic mass is 16.5. The number of aromatic hydroxyl groups is 1. The molecule has 3 rings (SSSR count). The Morgan fingerprint density at radius 2 is 2.00 bits per heavy atom. The van der Waals surface area contributed by atoms with Crippen molar-refractivity contribution in [2.24, 2.45) is 0 Å². The standard InChI is InChI=1S/C18H15NO3/c1-2-10-19-15-9-8-14(20)12-16(15)22-17(18(19)21)11-13-6-4-3-5-7-13/h1,3-9,12,17,20H,10-11H2. The molecule has 1 unspecified atom stereocenters. The van der Waals surface area contributed by atoms with Crippen LogP contribution in [0.5, 0.6) is 11.5 Å². The summed E-state index contributed by atoms with van der Waals surface area (Å²) < 4.78 is 5.79. The molecule has 0 saturated carbocycles. The molecule has 1 heterocycles. The summed E-state index contributed by atoms with van der Waals surface area (Å²) in [6.07, 6.45) is 5.18. The predicted molar refractivity (Wildman–Crippen MR) is 83.9 cm³/mol. The molecule has 0 fully saturated rings. The van der Waals surface area contributed by atoms with Crippen molar-refractivity contribution in [2.45, 2.75) is 12.5 Å². The Hall–Kier alpha value is -2.93. The van der Waals surface area contributed by atoms with Gasteiger partial charge in [-0.05, 0) is 17.7 Å². The Morgan fingerprint density at radius 3 is 2.73 bits per heavy atom. The Kier molecular flexibility index (Phi) is 3.71. The third-order valence-corrected chi connectivity index (χ3v) is 3.56. The first kappa shape index (κ1) is 14.0. The molecule has 0 saturated heterocycles. The van der Waals surface area contributed by atoms with Crippen LogP contribution in [0.1, 0.15) is 5.56 Å². The lowest BCUT2D eigenvalue weighted by atomic mass is 10.0. The van der Waals surface area contributed by atoms with Gasteiger partial charge < -0.3 is 9.84 Å². The van der Waals surface area contributed by atoms with Gasteiger partial charge in [0.05, 0.1) is 12.2 Å². The molecule has 4 nitrogen and oxygen atoms in total. The molecule has 1 atom stereocenters. The van der Waals surface area contributed by atoms with Gasteiger partial charge in [0.25, 0.3) is 5.91 Å². The van der Waals surface area contributed by atoms with Crippen LogP contribution in [0.4, 0.5) is 5.69 Å². The predicted octanol–water partition coefficient (Wildman–Crippen LogP) is 2.36. The first-order valence-electron chi connectivity index (χ1n) is 6.97. The fourth-order valence-corrected chi connectivity index (χ4v) is 2.53. The Morgan fingerprint density at radius 1 is 1.23 bits per heavy atom. The van der Waals surface area contributed by atoms with E-state index in [-0.39, 0.29) is 18.2 Å². The summed E-state index contributed by atoms with van der Waals surface area (Å²) >= 11 is 0. The van der Waals surface area contributed by atoms with Gasteiger partial charge in [-0.1, -0.05) is 36.3 Å². The average Bonchev–Trinajstić information content (AvgIpc) is 2.52. The quantitative estimate of drug-likeness (QED) is 0.884. The number of hydrogen-bond acceptors (Lipinski definition) is 3. The minimum Gasteiger partial charge on any atom is -0.508 e. The van der Waals surface area contributed by atoms with Gasteiger partial charge >= 0.3 is 0 Å². The van der Waals surface area contributed by atoms with E-state index in [4.69, 9.17) is 11.2 Å². The molecule has 2 aromatic rings. The number of benzene rings is 2. The smallest absolute Gasteiger partial charge is 0.269 e. The SMILES string of the molecule is C#CCN1C(=O)C(Cc2ccccc2)Oc2cc(O)ccc21. The van der Waals surface area contributed by atoms with Crippen LogP contribution in [-0.2, 0) is 11.2 Å². The number of phenols is 1. The summed E-state index contributed by atoms with van der Waals surface area (Å²) in [4.78, 5) is 14.1. The first-order valence-corrected chi connectivity index (χ1v) is 6.97. The number of fused-ring (bicyclic) bond motifs is 1. The number of anilines is 1. The number of hydrogen-bond donors (Lipinski definition) is 1. The molecule has 1 amide bonds. The maximum atomic E-state index is 12.6. The largest absolute Gasteiger partial charge is 0.508 e. The normalized spacial score (nSPS) is 16.6. The summed E-state index contributed by atoms with van der Waals surface area (Å²) in [6, 6.07) is 14.3. The van der Waals surface area contributed by atoms with E-state index >= 15 is 0 Å². The third-order valence-electron chi connectivity index (χ3n) is 3.56. The molecule has 22 heavy (non-hydrogen) atoms. The maximum absolute atomic E-state index is 12.6. The van der Waals surface area contributed by atoms with E-state index in [2.05, 4.69) is 5.92 Å². The van der Waals surface area contributed by atoms with Crippen LogP contribution in [0.15, 0.2) is 48.5 Å². The van der Waals surface area contributed by atoms with Crippen LogP contribution in [-0.4, -0.2) is 23.7 Å². The molecule has 0 spiro atoms. The lowest BCUT2D eigenvalue weighted by Gasteiger charge is -2.33. The van der Waals surface area contributed by atoms with Gasteiger partial charge in [-0.3, -0.25) is 9.69 Å². The highest BCUT2D eigenvalue weighted by molar-refractivity contribution is 6.00. The van der Waals surface area contributed by atoms with E-state index in [9.17, 15) is 9.90 Å². The van der Waals surface area contributed by atoms with Crippen molar-refractivity contribution in [3.8, 4) is 23.8 Å². The zero-order chi connectivity index (χ0) is 15.5. The summed E-state index contributed by atoms with van der Waals surface area (Å²) in [5.41, 5.74) is 1.59. The molecule has 1 aliphatic rings. The van der Waals surface area contributed by atoms with E-state index in [1.165, 1.54) is 17.0 Å². The highest BCUT2D eigenvalue weighted by Crippen LogP contribution is 2.37. The van der Waals surface area contributed by atoms with Crippen molar-refractivity contribution in [1.29, 1.82) is 0 Å². The molecular weight excluding hydrogens is 278 g/mol. The second-order valence-corrected chi connectivity index (χ2v) is 5.08. The third kappa shape index (κ3) is 2.61. The minimum atomic E-state index is -0.648. The number of terminal acetylenes is 1. The molecule has 1 N–H and O–H groups in total. The van der Waals surface area contributed by atoms with Crippen LogP contribution in [0.3, 0.4) is 0 Å². The van der Waals surface area contributed by atoms with E-state index < -0.39 is 6.10 Å². The summed E-state index contributed by atoms with van der Waals surface area (Å²) in [6.45, 7) is 0.172.